The highest BCUT2D eigenvalue weighted by Gasteiger charge is 2.44. The van der Waals surface area contributed by atoms with Crippen molar-refractivity contribution in [2.45, 2.75) is 45.6 Å². The van der Waals surface area contributed by atoms with Crippen LogP contribution in [0.3, 0.4) is 0 Å². The largest absolute Gasteiger partial charge is 0.313 e. The molecule has 1 aromatic rings. The van der Waals surface area contributed by atoms with Gasteiger partial charge in [-0.25, -0.2) is 4.39 Å². The predicted octanol–water partition coefficient (Wildman–Crippen LogP) is 4.30. The van der Waals surface area contributed by atoms with Crippen LogP contribution in [-0.4, -0.2) is 12.6 Å². The van der Waals surface area contributed by atoms with Gasteiger partial charge in [-0.05, 0) is 55.3 Å². The van der Waals surface area contributed by atoms with Crippen molar-refractivity contribution in [3.63, 3.8) is 0 Å². The van der Waals surface area contributed by atoms with Gasteiger partial charge < -0.3 is 5.32 Å². The molecule has 0 radical (unpaired) electrons. The Bertz CT molecular complexity index is 415. The summed E-state index contributed by atoms with van der Waals surface area (Å²) in [6.07, 6.45) is 4.42. The minimum atomic E-state index is -0.100. The average molecular weight is 314 g/mol. The van der Waals surface area contributed by atoms with Crippen LogP contribution in [0.4, 0.5) is 4.39 Å². The third kappa shape index (κ3) is 3.33. The van der Waals surface area contributed by atoms with Gasteiger partial charge in [-0.15, -0.1) is 0 Å². The first-order valence-electron chi connectivity index (χ1n) is 6.72. The first kappa shape index (κ1) is 14.0. The highest BCUT2D eigenvalue weighted by molar-refractivity contribution is 9.10. The van der Waals surface area contributed by atoms with Crippen molar-refractivity contribution in [1.29, 1.82) is 0 Å². The van der Waals surface area contributed by atoms with Crippen LogP contribution in [0.1, 0.15) is 38.7 Å². The molecule has 100 valence electrons. The molecule has 1 saturated carbocycles. The van der Waals surface area contributed by atoms with E-state index in [-0.39, 0.29) is 5.82 Å². The summed E-state index contributed by atoms with van der Waals surface area (Å²) in [6, 6.07) is 5.77. The zero-order valence-corrected chi connectivity index (χ0v) is 12.7. The number of nitrogens with one attached hydrogen (secondary N) is 1. The predicted molar refractivity (Wildman–Crippen MR) is 77.2 cm³/mol. The van der Waals surface area contributed by atoms with E-state index in [0.717, 1.165) is 29.4 Å². The second-order valence-electron chi connectivity index (χ2n) is 5.60. The normalized spacial score (nSPS) is 18.7. The van der Waals surface area contributed by atoms with E-state index in [9.17, 15) is 4.39 Å². The summed E-state index contributed by atoms with van der Waals surface area (Å²) in [4.78, 5) is 0. The molecule has 0 amide bonds. The third-order valence-electron chi connectivity index (χ3n) is 3.96. The Hall–Kier alpha value is -0.410. The highest BCUT2D eigenvalue weighted by Crippen LogP contribution is 2.49. The quantitative estimate of drug-likeness (QED) is 0.825. The van der Waals surface area contributed by atoms with Gasteiger partial charge in [0.15, 0.2) is 0 Å². The molecule has 1 aliphatic carbocycles. The number of benzene rings is 1. The SMILES string of the molecule is CCCNC(Cc1ccc(Br)cc1F)C1(C)CC1. The molecule has 3 heteroatoms. The number of halogens is 2. The fourth-order valence-electron chi connectivity index (χ4n) is 2.34. The molecule has 0 bridgehead atoms. The van der Waals surface area contributed by atoms with Crippen molar-refractivity contribution >= 4 is 15.9 Å². The first-order chi connectivity index (χ1) is 8.55. The van der Waals surface area contributed by atoms with Gasteiger partial charge in [0.05, 0.1) is 0 Å². The molecule has 0 aromatic heterocycles. The standard InChI is InChI=1S/C15H21BrFN/c1-3-8-18-14(15(2)6-7-15)9-11-4-5-12(16)10-13(11)17/h4-5,10,14,18H,3,6-9H2,1-2H3. The first-order valence-corrected chi connectivity index (χ1v) is 7.52. The van der Waals surface area contributed by atoms with E-state index in [1.807, 2.05) is 12.1 Å². The van der Waals surface area contributed by atoms with E-state index >= 15 is 0 Å². The number of hydrogen-bond acceptors (Lipinski definition) is 1. The van der Waals surface area contributed by atoms with Crippen LogP contribution < -0.4 is 5.32 Å². The van der Waals surface area contributed by atoms with Crippen molar-refractivity contribution in [3.05, 3.63) is 34.1 Å². The number of rotatable bonds is 6. The van der Waals surface area contributed by atoms with Crippen LogP contribution in [0.15, 0.2) is 22.7 Å². The fraction of sp³-hybridized carbons (Fsp3) is 0.600. The van der Waals surface area contributed by atoms with Gasteiger partial charge in [0.25, 0.3) is 0 Å². The van der Waals surface area contributed by atoms with Gasteiger partial charge in [-0.2, -0.15) is 0 Å². The maximum Gasteiger partial charge on any atom is 0.127 e. The third-order valence-corrected chi connectivity index (χ3v) is 4.45. The molecule has 1 nitrogen and oxygen atoms in total. The van der Waals surface area contributed by atoms with Crippen LogP contribution in [0, 0.1) is 11.2 Å². The summed E-state index contributed by atoms with van der Waals surface area (Å²) in [6.45, 7) is 5.48. The summed E-state index contributed by atoms with van der Waals surface area (Å²) in [5.41, 5.74) is 1.19. The minimum Gasteiger partial charge on any atom is -0.313 e. The van der Waals surface area contributed by atoms with Crippen LogP contribution in [0.25, 0.3) is 0 Å². The van der Waals surface area contributed by atoms with Gasteiger partial charge in [0.1, 0.15) is 5.82 Å². The van der Waals surface area contributed by atoms with Crippen molar-refractivity contribution in [1.82, 2.24) is 5.32 Å². The minimum absolute atomic E-state index is 0.100. The lowest BCUT2D eigenvalue weighted by molar-refractivity contribution is 0.351. The maximum atomic E-state index is 13.9. The van der Waals surface area contributed by atoms with Gasteiger partial charge in [-0.1, -0.05) is 35.8 Å². The topological polar surface area (TPSA) is 12.0 Å². The van der Waals surface area contributed by atoms with E-state index in [2.05, 4.69) is 35.1 Å². The molecule has 1 unspecified atom stereocenters. The van der Waals surface area contributed by atoms with Crippen LogP contribution in [0.5, 0.6) is 0 Å². The van der Waals surface area contributed by atoms with Crippen LogP contribution in [0.2, 0.25) is 0 Å². The Morgan fingerprint density at radius 1 is 1.44 bits per heavy atom. The summed E-state index contributed by atoms with van der Waals surface area (Å²) in [5, 5.41) is 3.58. The Morgan fingerprint density at radius 3 is 2.72 bits per heavy atom. The second kappa shape index (κ2) is 5.70. The second-order valence-corrected chi connectivity index (χ2v) is 6.52. The molecule has 0 spiro atoms. The highest BCUT2D eigenvalue weighted by atomic mass is 79.9. The van der Waals surface area contributed by atoms with Crippen LogP contribution >= 0.6 is 15.9 Å². The molecular formula is C15H21BrFN. The number of hydrogen-bond donors (Lipinski definition) is 1. The zero-order valence-electron chi connectivity index (χ0n) is 11.1. The lowest BCUT2D eigenvalue weighted by Gasteiger charge is -2.25. The maximum absolute atomic E-state index is 13.9. The molecule has 0 heterocycles. The Morgan fingerprint density at radius 2 is 2.17 bits per heavy atom. The average Bonchev–Trinajstić information content (AvgIpc) is 3.06. The van der Waals surface area contributed by atoms with Crippen molar-refractivity contribution in [2.75, 3.05) is 6.54 Å². The Balaban J connectivity index is 2.08. The van der Waals surface area contributed by atoms with Crippen molar-refractivity contribution < 1.29 is 4.39 Å². The molecule has 0 aliphatic heterocycles. The van der Waals surface area contributed by atoms with E-state index in [4.69, 9.17) is 0 Å². The fourth-order valence-corrected chi connectivity index (χ4v) is 2.67. The monoisotopic (exact) mass is 313 g/mol. The smallest absolute Gasteiger partial charge is 0.127 e. The van der Waals surface area contributed by atoms with E-state index in [1.165, 1.54) is 12.8 Å². The lowest BCUT2D eigenvalue weighted by atomic mass is 9.92. The van der Waals surface area contributed by atoms with Crippen molar-refractivity contribution in [3.8, 4) is 0 Å². The lowest BCUT2D eigenvalue weighted by Crippen LogP contribution is -2.38. The van der Waals surface area contributed by atoms with E-state index < -0.39 is 0 Å². The molecular weight excluding hydrogens is 293 g/mol. The molecule has 1 N–H and O–H groups in total. The molecule has 1 aromatic carbocycles. The summed E-state index contributed by atoms with van der Waals surface area (Å²) in [7, 11) is 0. The Labute approximate surface area is 117 Å². The summed E-state index contributed by atoms with van der Waals surface area (Å²) < 4.78 is 14.7. The van der Waals surface area contributed by atoms with Gasteiger partial charge in [-0.3, -0.25) is 0 Å². The molecule has 18 heavy (non-hydrogen) atoms. The molecule has 2 rings (SSSR count). The zero-order chi connectivity index (χ0) is 13.2. The Kier molecular flexibility index (Phi) is 4.44. The van der Waals surface area contributed by atoms with E-state index in [1.54, 1.807) is 6.07 Å². The summed E-state index contributed by atoms with van der Waals surface area (Å²) in [5.74, 6) is -0.100. The molecule has 1 aliphatic rings. The van der Waals surface area contributed by atoms with Gasteiger partial charge in [0, 0.05) is 10.5 Å². The molecule has 1 fully saturated rings. The van der Waals surface area contributed by atoms with Gasteiger partial charge in [0.2, 0.25) is 0 Å². The van der Waals surface area contributed by atoms with E-state index in [0.29, 0.717) is 11.5 Å². The van der Waals surface area contributed by atoms with Gasteiger partial charge >= 0.3 is 0 Å². The molecule has 0 saturated heterocycles. The van der Waals surface area contributed by atoms with Crippen LogP contribution in [-0.2, 0) is 6.42 Å². The molecule has 1 atom stereocenters. The van der Waals surface area contributed by atoms with Crippen molar-refractivity contribution in [2.24, 2.45) is 5.41 Å². The summed E-state index contributed by atoms with van der Waals surface area (Å²) >= 11 is 3.30.